The molecular weight excluding hydrogens is 280 g/mol. The lowest BCUT2D eigenvalue weighted by molar-refractivity contribution is 0.798. The van der Waals surface area contributed by atoms with Crippen molar-refractivity contribution in [2.45, 2.75) is 71.1 Å². The van der Waals surface area contributed by atoms with Gasteiger partial charge < -0.3 is 0 Å². The second-order valence-electron chi connectivity index (χ2n) is 7.94. The molecule has 0 spiro atoms. The molecule has 0 N–H and O–H groups in total. The van der Waals surface area contributed by atoms with Gasteiger partial charge in [0.25, 0.3) is 0 Å². The predicted octanol–water partition coefficient (Wildman–Crippen LogP) is 6.91. The maximum Gasteiger partial charge on any atom is 0.0656 e. The number of hydrogen-bond acceptors (Lipinski definition) is 0. The summed E-state index contributed by atoms with van der Waals surface area (Å²) in [5.74, 6) is 0. The van der Waals surface area contributed by atoms with E-state index in [9.17, 15) is 0 Å². The van der Waals surface area contributed by atoms with Crippen molar-refractivity contribution in [3.63, 3.8) is 0 Å². The zero-order chi connectivity index (χ0) is 16.5. The third kappa shape index (κ3) is 3.15. The summed E-state index contributed by atoms with van der Waals surface area (Å²) >= 11 is 0. The van der Waals surface area contributed by atoms with Gasteiger partial charge in [-0.3, -0.25) is 0 Å². The van der Waals surface area contributed by atoms with Crippen molar-refractivity contribution in [2.24, 2.45) is 0 Å². The van der Waals surface area contributed by atoms with Gasteiger partial charge in [-0.25, -0.2) is 0 Å². The molecule has 0 aliphatic carbocycles. The number of benzene rings is 2. The van der Waals surface area contributed by atoms with Gasteiger partial charge in [0.2, 0.25) is 0 Å². The van der Waals surface area contributed by atoms with Crippen LogP contribution in [0.4, 0.5) is 0 Å². The quantitative estimate of drug-likeness (QED) is 0.526. The van der Waals surface area contributed by atoms with E-state index >= 15 is 0 Å². The third-order valence-corrected chi connectivity index (χ3v) is 13.3. The van der Waals surface area contributed by atoms with Gasteiger partial charge in [-0.15, -0.1) is 0 Å². The van der Waals surface area contributed by atoms with Crippen LogP contribution >= 0.6 is 0 Å². The average Bonchev–Trinajstić information content (AvgIpc) is 2.43. The highest BCUT2D eigenvalue weighted by Gasteiger charge is 2.42. The number of fused-ring (bicyclic) bond motifs is 1. The first kappa shape index (κ1) is 17.3. The standard InChI is InChI=1S/C21H32Si/c1-15(2)22(16(3)4,17(5)6)14-19-9-11-20-12-18(7)8-10-21(20)13-19/h8-13,15-17H,14H2,1-7H3. The first-order valence-corrected chi connectivity index (χ1v) is 11.2. The largest absolute Gasteiger partial charge is 0.0656 e. The molecule has 2 aromatic rings. The number of hydrogen-bond donors (Lipinski definition) is 0. The molecule has 0 radical (unpaired) electrons. The Balaban J connectivity index is 2.44. The molecule has 0 saturated carbocycles. The third-order valence-electron chi connectivity index (χ3n) is 5.80. The van der Waals surface area contributed by atoms with E-state index in [4.69, 9.17) is 0 Å². The van der Waals surface area contributed by atoms with Crippen LogP contribution in [0.3, 0.4) is 0 Å². The minimum absolute atomic E-state index is 0.821. The zero-order valence-electron chi connectivity index (χ0n) is 15.4. The molecule has 0 heterocycles. The van der Waals surface area contributed by atoms with E-state index in [1.54, 1.807) is 5.56 Å². The van der Waals surface area contributed by atoms with Crippen LogP contribution in [0.1, 0.15) is 52.7 Å². The fourth-order valence-electron chi connectivity index (χ4n) is 4.49. The summed E-state index contributed by atoms with van der Waals surface area (Å²) in [4.78, 5) is 0. The van der Waals surface area contributed by atoms with Crippen LogP contribution in [-0.2, 0) is 6.04 Å². The van der Waals surface area contributed by atoms with Crippen molar-refractivity contribution in [3.8, 4) is 0 Å². The van der Waals surface area contributed by atoms with Crippen molar-refractivity contribution >= 4 is 18.8 Å². The SMILES string of the molecule is Cc1ccc2cc(C[Si](C(C)C)(C(C)C)C(C)C)ccc2c1. The second kappa shape index (κ2) is 6.58. The van der Waals surface area contributed by atoms with Crippen LogP contribution < -0.4 is 0 Å². The summed E-state index contributed by atoms with van der Waals surface area (Å²) < 4.78 is 0. The van der Waals surface area contributed by atoms with E-state index in [0.29, 0.717) is 0 Å². The first-order chi connectivity index (χ1) is 10.3. The highest BCUT2D eigenvalue weighted by Crippen LogP contribution is 2.43. The number of aryl methyl sites for hydroxylation is 1. The highest BCUT2D eigenvalue weighted by molar-refractivity contribution is 6.83. The molecule has 22 heavy (non-hydrogen) atoms. The van der Waals surface area contributed by atoms with E-state index in [1.165, 1.54) is 22.4 Å². The normalized spacial score (nSPS) is 12.8. The molecule has 0 atom stereocenters. The summed E-state index contributed by atoms with van der Waals surface area (Å²) in [6.45, 7) is 16.9. The van der Waals surface area contributed by atoms with Gasteiger partial charge >= 0.3 is 0 Å². The van der Waals surface area contributed by atoms with Crippen LogP contribution in [0.5, 0.6) is 0 Å². The van der Waals surface area contributed by atoms with Gasteiger partial charge in [0, 0.05) is 0 Å². The topological polar surface area (TPSA) is 0 Å². The summed E-state index contributed by atoms with van der Waals surface area (Å²) in [6.07, 6.45) is 0. The Kier molecular flexibility index (Phi) is 5.16. The molecule has 0 aliphatic heterocycles. The van der Waals surface area contributed by atoms with Gasteiger partial charge in [0.05, 0.1) is 8.07 Å². The van der Waals surface area contributed by atoms with Crippen LogP contribution in [-0.4, -0.2) is 8.07 Å². The van der Waals surface area contributed by atoms with Crippen molar-refractivity contribution < 1.29 is 0 Å². The van der Waals surface area contributed by atoms with Crippen LogP contribution in [0.15, 0.2) is 36.4 Å². The average molecular weight is 313 g/mol. The van der Waals surface area contributed by atoms with Crippen LogP contribution in [0.25, 0.3) is 10.8 Å². The second-order valence-corrected chi connectivity index (χ2v) is 14.0. The molecule has 0 unspecified atom stereocenters. The van der Waals surface area contributed by atoms with Crippen molar-refractivity contribution in [1.29, 1.82) is 0 Å². The Labute approximate surface area is 138 Å². The lowest BCUT2D eigenvalue weighted by atomic mass is 10.1. The van der Waals surface area contributed by atoms with Crippen molar-refractivity contribution in [3.05, 3.63) is 47.5 Å². The molecule has 0 amide bonds. The minimum atomic E-state index is -1.37. The lowest BCUT2D eigenvalue weighted by Crippen LogP contribution is -2.47. The molecule has 0 saturated heterocycles. The fraction of sp³-hybridized carbons (Fsp3) is 0.524. The molecule has 0 nitrogen and oxygen atoms in total. The molecule has 0 aromatic heterocycles. The zero-order valence-corrected chi connectivity index (χ0v) is 16.4. The Hall–Kier alpha value is -1.08. The molecule has 0 bridgehead atoms. The predicted molar refractivity (Wildman–Crippen MR) is 103 cm³/mol. The van der Waals surface area contributed by atoms with Gasteiger partial charge in [-0.2, -0.15) is 0 Å². The van der Waals surface area contributed by atoms with Crippen LogP contribution in [0, 0.1) is 6.92 Å². The van der Waals surface area contributed by atoms with Gasteiger partial charge in [-0.1, -0.05) is 100 Å². The van der Waals surface area contributed by atoms with Crippen LogP contribution in [0.2, 0.25) is 16.6 Å². The van der Waals surface area contributed by atoms with E-state index < -0.39 is 8.07 Å². The smallest absolute Gasteiger partial charge is 0.0651 e. The van der Waals surface area contributed by atoms with Gasteiger partial charge in [0.1, 0.15) is 0 Å². The maximum atomic E-state index is 2.45. The summed E-state index contributed by atoms with van der Waals surface area (Å²) in [5, 5.41) is 2.76. The molecular formula is C21H32Si. The summed E-state index contributed by atoms with van der Waals surface area (Å²) in [6, 6.07) is 15.2. The molecule has 0 fully saturated rings. The van der Waals surface area contributed by atoms with Gasteiger partial charge in [-0.05, 0) is 29.3 Å². The summed E-state index contributed by atoms with van der Waals surface area (Å²) in [7, 11) is -1.37. The molecule has 2 aromatic carbocycles. The molecule has 1 heteroatoms. The monoisotopic (exact) mass is 312 g/mol. The lowest BCUT2D eigenvalue weighted by Gasteiger charge is -2.43. The Morgan fingerprint density at radius 3 is 1.77 bits per heavy atom. The molecule has 2 rings (SSSR count). The molecule has 120 valence electrons. The fourth-order valence-corrected chi connectivity index (χ4v) is 10.6. The molecule has 0 aliphatic rings. The Bertz CT molecular complexity index is 616. The van der Waals surface area contributed by atoms with E-state index in [1.807, 2.05) is 0 Å². The highest BCUT2D eigenvalue weighted by atomic mass is 28.3. The minimum Gasteiger partial charge on any atom is -0.0651 e. The summed E-state index contributed by atoms with van der Waals surface area (Å²) in [5.41, 5.74) is 5.35. The van der Waals surface area contributed by atoms with E-state index in [2.05, 4.69) is 84.9 Å². The Morgan fingerprint density at radius 2 is 1.23 bits per heavy atom. The van der Waals surface area contributed by atoms with Gasteiger partial charge in [0.15, 0.2) is 0 Å². The van der Waals surface area contributed by atoms with E-state index in [0.717, 1.165) is 16.6 Å². The van der Waals surface area contributed by atoms with Crippen molar-refractivity contribution in [1.82, 2.24) is 0 Å². The maximum absolute atomic E-state index is 2.45. The Morgan fingerprint density at radius 1 is 0.727 bits per heavy atom. The first-order valence-electron chi connectivity index (χ1n) is 8.76. The van der Waals surface area contributed by atoms with Crippen molar-refractivity contribution in [2.75, 3.05) is 0 Å². The number of rotatable bonds is 5. The van der Waals surface area contributed by atoms with E-state index in [-0.39, 0.29) is 0 Å².